The summed E-state index contributed by atoms with van der Waals surface area (Å²) in [7, 11) is -3.41. The number of rotatable bonds is 6. The molecule has 0 bridgehead atoms. The zero-order valence-electron chi connectivity index (χ0n) is 13.2. The normalized spacial score (nSPS) is 12.9. The van der Waals surface area contributed by atoms with E-state index in [9.17, 15) is 8.42 Å². The first kappa shape index (κ1) is 16.4. The fourth-order valence-corrected chi connectivity index (χ4v) is 3.82. The van der Waals surface area contributed by atoms with E-state index in [0.717, 1.165) is 16.8 Å². The molecule has 7 heteroatoms. The monoisotopic (exact) mass is 342 g/mol. The molecule has 6 nitrogen and oxygen atoms in total. The first-order valence-corrected chi connectivity index (χ1v) is 9.18. The molecule has 0 radical (unpaired) electrons. The molecule has 1 atom stereocenters. The highest BCUT2D eigenvalue weighted by atomic mass is 32.2. The number of nitrogens with zero attached hydrogens (tertiary/aromatic N) is 3. The van der Waals surface area contributed by atoms with Crippen LogP contribution in [0.4, 0.5) is 0 Å². The van der Waals surface area contributed by atoms with Crippen molar-refractivity contribution in [3.63, 3.8) is 0 Å². The van der Waals surface area contributed by atoms with E-state index in [2.05, 4.69) is 14.8 Å². The summed E-state index contributed by atoms with van der Waals surface area (Å²) in [5.74, 6) is -0.0325. The van der Waals surface area contributed by atoms with E-state index in [1.807, 2.05) is 49.4 Å². The average Bonchev–Trinajstić information content (AvgIpc) is 3.09. The van der Waals surface area contributed by atoms with Gasteiger partial charge in [0.2, 0.25) is 10.0 Å². The van der Waals surface area contributed by atoms with E-state index in [1.54, 1.807) is 23.1 Å². The van der Waals surface area contributed by atoms with Crippen molar-refractivity contribution in [3.05, 3.63) is 78.4 Å². The van der Waals surface area contributed by atoms with Crippen LogP contribution in [0.25, 0.3) is 5.69 Å². The molecule has 0 aliphatic heterocycles. The molecule has 0 saturated carbocycles. The molecule has 1 N–H and O–H groups in total. The van der Waals surface area contributed by atoms with E-state index in [0.29, 0.717) is 0 Å². The third kappa shape index (κ3) is 4.06. The summed E-state index contributed by atoms with van der Waals surface area (Å²) in [5, 5.41) is 4.06. The van der Waals surface area contributed by atoms with Crippen LogP contribution in [-0.2, 0) is 15.8 Å². The lowest BCUT2D eigenvalue weighted by molar-refractivity contribution is 0.566. The van der Waals surface area contributed by atoms with E-state index in [1.165, 1.54) is 6.33 Å². The molecule has 0 unspecified atom stereocenters. The summed E-state index contributed by atoms with van der Waals surface area (Å²) in [6.45, 7) is 1.83. The van der Waals surface area contributed by atoms with Gasteiger partial charge in [0.15, 0.2) is 0 Å². The molecule has 0 spiro atoms. The van der Waals surface area contributed by atoms with Gasteiger partial charge in [-0.1, -0.05) is 42.5 Å². The topological polar surface area (TPSA) is 76.9 Å². The Morgan fingerprint density at radius 2 is 1.79 bits per heavy atom. The predicted molar refractivity (Wildman–Crippen MR) is 92.0 cm³/mol. The smallest absolute Gasteiger partial charge is 0.216 e. The Hall–Kier alpha value is -2.51. The van der Waals surface area contributed by atoms with Crippen molar-refractivity contribution in [2.24, 2.45) is 0 Å². The molecule has 1 aromatic heterocycles. The third-order valence-corrected chi connectivity index (χ3v) is 5.06. The molecule has 3 aromatic rings. The minimum Gasteiger partial charge on any atom is -0.223 e. The number of hydrogen-bond donors (Lipinski definition) is 1. The van der Waals surface area contributed by atoms with Crippen molar-refractivity contribution in [1.82, 2.24) is 19.5 Å². The highest BCUT2D eigenvalue weighted by Crippen LogP contribution is 2.17. The number of sulfonamides is 1. The standard InChI is InChI=1S/C17H18N4O2S/c1-14(20-24(22,23)11-15-5-3-2-4-6-15)16-7-9-17(10-8-16)21-13-18-12-19-21/h2-10,12-14,20H,11H2,1H3/t14-/m0/s1. The molecular formula is C17H18N4O2S. The fourth-order valence-electron chi connectivity index (χ4n) is 2.43. The predicted octanol–water partition coefficient (Wildman–Crippen LogP) is 2.45. The Bertz CT molecular complexity index is 876. The minimum atomic E-state index is -3.41. The molecule has 124 valence electrons. The summed E-state index contributed by atoms with van der Waals surface area (Å²) < 4.78 is 29.0. The summed E-state index contributed by atoms with van der Waals surface area (Å²) >= 11 is 0. The van der Waals surface area contributed by atoms with Gasteiger partial charge >= 0.3 is 0 Å². The van der Waals surface area contributed by atoms with Crippen LogP contribution in [0, 0.1) is 0 Å². The lowest BCUT2D eigenvalue weighted by Crippen LogP contribution is -2.28. The van der Waals surface area contributed by atoms with Crippen molar-refractivity contribution in [2.45, 2.75) is 18.7 Å². The maximum atomic E-state index is 12.3. The maximum Gasteiger partial charge on any atom is 0.216 e. The van der Waals surface area contributed by atoms with Crippen LogP contribution in [-0.4, -0.2) is 23.2 Å². The summed E-state index contributed by atoms with van der Waals surface area (Å²) in [4.78, 5) is 3.90. The van der Waals surface area contributed by atoms with Crippen molar-refractivity contribution < 1.29 is 8.42 Å². The maximum absolute atomic E-state index is 12.3. The Kier molecular flexibility index (Phi) is 4.73. The van der Waals surface area contributed by atoms with E-state index < -0.39 is 10.0 Å². The number of benzene rings is 2. The van der Waals surface area contributed by atoms with Crippen LogP contribution in [0.1, 0.15) is 24.1 Å². The molecule has 24 heavy (non-hydrogen) atoms. The van der Waals surface area contributed by atoms with Gasteiger partial charge < -0.3 is 0 Å². The molecule has 0 amide bonds. The largest absolute Gasteiger partial charge is 0.223 e. The average molecular weight is 342 g/mol. The molecule has 2 aromatic carbocycles. The Labute approximate surface area is 141 Å². The fraction of sp³-hybridized carbons (Fsp3) is 0.176. The first-order valence-electron chi connectivity index (χ1n) is 7.52. The minimum absolute atomic E-state index is 0.0325. The summed E-state index contributed by atoms with van der Waals surface area (Å²) in [5.41, 5.74) is 2.52. The third-order valence-electron chi connectivity index (χ3n) is 3.63. The Morgan fingerprint density at radius 3 is 2.42 bits per heavy atom. The number of nitrogens with one attached hydrogen (secondary N) is 1. The van der Waals surface area contributed by atoms with Gasteiger partial charge in [0.1, 0.15) is 12.7 Å². The van der Waals surface area contributed by atoms with Crippen molar-refractivity contribution in [2.75, 3.05) is 0 Å². The quantitative estimate of drug-likeness (QED) is 0.746. The highest BCUT2D eigenvalue weighted by molar-refractivity contribution is 7.88. The molecule has 3 rings (SSSR count). The molecule has 1 heterocycles. The van der Waals surface area contributed by atoms with Crippen LogP contribution in [0.15, 0.2) is 67.3 Å². The van der Waals surface area contributed by atoms with Crippen molar-refractivity contribution in [3.8, 4) is 5.69 Å². The zero-order valence-corrected chi connectivity index (χ0v) is 14.0. The van der Waals surface area contributed by atoms with Crippen LogP contribution in [0.5, 0.6) is 0 Å². The number of hydrogen-bond acceptors (Lipinski definition) is 4. The number of aromatic nitrogens is 3. The summed E-state index contributed by atoms with van der Waals surface area (Å²) in [6.07, 6.45) is 3.08. The molecule has 0 saturated heterocycles. The van der Waals surface area contributed by atoms with Gasteiger partial charge in [-0.15, -0.1) is 0 Å². The van der Waals surface area contributed by atoms with Crippen LogP contribution in [0.2, 0.25) is 0 Å². The van der Waals surface area contributed by atoms with Crippen molar-refractivity contribution in [1.29, 1.82) is 0 Å². The second-order valence-corrected chi connectivity index (χ2v) is 7.27. The zero-order chi connectivity index (χ0) is 17.0. The van der Waals surface area contributed by atoms with Crippen LogP contribution >= 0.6 is 0 Å². The molecule has 0 aliphatic carbocycles. The highest BCUT2D eigenvalue weighted by Gasteiger charge is 2.16. The second kappa shape index (κ2) is 6.94. The van der Waals surface area contributed by atoms with Crippen LogP contribution in [0.3, 0.4) is 0 Å². The molecule has 0 fully saturated rings. The van der Waals surface area contributed by atoms with E-state index >= 15 is 0 Å². The summed E-state index contributed by atoms with van der Waals surface area (Å²) in [6, 6.07) is 16.3. The van der Waals surface area contributed by atoms with Crippen molar-refractivity contribution >= 4 is 10.0 Å². The second-order valence-electron chi connectivity index (χ2n) is 5.52. The van der Waals surface area contributed by atoms with Crippen LogP contribution < -0.4 is 4.72 Å². The van der Waals surface area contributed by atoms with Gasteiger partial charge in [-0.3, -0.25) is 0 Å². The van der Waals surface area contributed by atoms with Gasteiger partial charge in [-0.25, -0.2) is 22.8 Å². The van der Waals surface area contributed by atoms with Gasteiger partial charge in [0.25, 0.3) is 0 Å². The Morgan fingerprint density at radius 1 is 1.08 bits per heavy atom. The molecular weight excluding hydrogens is 324 g/mol. The van der Waals surface area contributed by atoms with Gasteiger partial charge in [0, 0.05) is 6.04 Å². The van der Waals surface area contributed by atoms with Gasteiger partial charge in [-0.05, 0) is 30.2 Å². The Balaban J connectivity index is 1.69. The van der Waals surface area contributed by atoms with E-state index in [4.69, 9.17) is 0 Å². The van der Waals surface area contributed by atoms with Gasteiger partial charge in [0.05, 0.1) is 11.4 Å². The SMILES string of the molecule is C[C@H](NS(=O)(=O)Cc1ccccc1)c1ccc(-n2cncn2)cc1. The lowest BCUT2D eigenvalue weighted by Gasteiger charge is -2.15. The first-order chi connectivity index (χ1) is 11.5. The molecule has 0 aliphatic rings. The van der Waals surface area contributed by atoms with E-state index in [-0.39, 0.29) is 11.8 Å². The van der Waals surface area contributed by atoms with Gasteiger partial charge in [-0.2, -0.15) is 5.10 Å². The lowest BCUT2D eigenvalue weighted by atomic mass is 10.1.